The molecule has 1 N–H and O–H groups in total. The number of rotatable bonds is 6. The number of benzene rings is 1. The molecule has 3 heterocycles. The van der Waals surface area contributed by atoms with Gasteiger partial charge in [0, 0.05) is 32.2 Å². The third kappa shape index (κ3) is 5.45. The molecule has 4 rings (SSSR count). The number of hydrogen-bond donors (Lipinski definition) is 1. The number of imidazole rings is 1. The van der Waals surface area contributed by atoms with Gasteiger partial charge in [-0.3, -0.25) is 0 Å². The van der Waals surface area contributed by atoms with Crippen LogP contribution in [0.1, 0.15) is 31.3 Å². The summed E-state index contributed by atoms with van der Waals surface area (Å²) in [6.45, 7) is 6.81. The highest BCUT2D eigenvalue weighted by Crippen LogP contribution is 2.38. The minimum atomic E-state index is -4.88. The van der Waals surface area contributed by atoms with Crippen molar-refractivity contribution >= 4 is 21.7 Å². The third-order valence-corrected chi connectivity index (χ3v) is 8.02. The molecule has 1 saturated heterocycles. The third-order valence-electron chi connectivity index (χ3n) is 6.13. The van der Waals surface area contributed by atoms with Gasteiger partial charge in [0.05, 0.1) is 34.2 Å². The second-order valence-electron chi connectivity index (χ2n) is 9.08. The van der Waals surface area contributed by atoms with E-state index in [1.165, 1.54) is 10.5 Å². The van der Waals surface area contributed by atoms with Crippen LogP contribution in [0.4, 0.5) is 29.2 Å². The Balaban J connectivity index is 1.71. The normalized spacial score (nSPS) is 15.9. The van der Waals surface area contributed by atoms with Crippen LogP contribution in [0.25, 0.3) is 11.4 Å². The number of nitrogens with zero attached hydrogens (tertiary/aromatic N) is 6. The summed E-state index contributed by atoms with van der Waals surface area (Å²) in [7, 11) is -2.29. The lowest BCUT2D eigenvalue weighted by molar-refractivity contribution is -0.137. The van der Waals surface area contributed by atoms with Crippen LogP contribution in [0.15, 0.2) is 35.5 Å². The number of alkyl halides is 3. The molecule has 14 heteroatoms. The van der Waals surface area contributed by atoms with E-state index in [1.54, 1.807) is 11.5 Å². The van der Waals surface area contributed by atoms with Gasteiger partial charge in [-0.1, -0.05) is 0 Å². The van der Waals surface area contributed by atoms with Gasteiger partial charge in [-0.2, -0.15) is 17.5 Å². The largest absolute Gasteiger partial charge is 0.418 e. The van der Waals surface area contributed by atoms with Crippen LogP contribution in [0.3, 0.4) is 0 Å². The van der Waals surface area contributed by atoms with E-state index in [4.69, 9.17) is 0 Å². The van der Waals surface area contributed by atoms with Crippen molar-refractivity contribution in [3.05, 3.63) is 47.8 Å². The summed E-state index contributed by atoms with van der Waals surface area (Å²) in [6, 6.07) is 2.64. The Morgan fingerprint density at radius 2 is 1.73 bits per heavy atom. The lowest BCUT2D eigenvalue weighted by Gasteiger charge is -2.31. The van der Waals surface area contributed by atoms with Crippen LogP contribution < -0.4 is 5.32 Å². The molecule has 200 valence electrons. The SMILES string of the molecule is Cc1ncc(-c2nc(Nc3ccc(S(=O)(=O)N4CCN(C)CC4)cc3C(F)(F)F)ncc2F)n1C(C)C. The van der Waals surface area contributed by atoms with Crippen molar-refractivity contribution in [3.8, 4) is 11.4 Å². The molecule has 0 atom stereocenters. The van der Waals surface area contributed by atoms with Crippen molar-refractivity contribution in [2.75, 3.05) is 38.5 Å². The number of aryl methyl sites for hydroxylation is 1. The standard InChI is InChI=1S/C23H27F4N7O2S/c1-14(2)34-15(3)28-13-20(34)21-18(24)12-29-22(31-21)30-19-6-5-16(11-17(19)23(25,26)27)37(35,36)33-9-7-32(4)8-10-33/h5-6,11-14H,7-10H2,1-4H3,(H,29,30,31). The molecule has 0 saturated carbocycles. The van der Waals surface area contributed by atoms with Gasteiger partial charge < -0.3 is 14.8 Å². The summed E-state index contributed by atoms with van der Waals surface area (Å²) >= 11 is 0. The molecule has 0 bridgehead atoms. The van der Waals surface area contributed by atoms with E-state index in [9.17, 15) is 26.0 Å². The molecule has 1 fully saturated rings. The van der Waals surface area contributed by atoms with Crippen molar-refractivity contribution in [2.24, 2.45) is 0 Å². The molecule has 0 spiro atoms. The molecule has 2 aromatic heterocycles. The number of sulfonamides is 1. The number of halogens is 4. The molecule has 1 aliphatic heterocycles. The van der Waals surface area contributed by atoms with Gasteiger partial charge in [0.1, 0.15) is 11.5 Å². The Labute approximate surface area is 212 Å². The van der Waals surface area contributed by atoms with Gasteiger partial charge >= 0.3 is 6.18 Å². The Bertz CT molecular complexity index is 1400. The number of aromatic nitrogens is 4. The van der Waals surface area contributed by atoms with Crippen LogP contribution in [0.2, 0.25) is 0 Å². The van der Waals surface area contributed by atoms with Crippen LogP contribution >= 0.6 is 0 Å². The number of hydrogen-bond acceptors (Lipinski definition) is 7. The lowest BCUT2D eigenvalue weighted by atomic mass is 10.1. The minimum absolute atomic E-state index is 0.0742. The maximum absolute atomic E-state index is 14.7. The topological polar surface area (TPSA) is 96.2 Å². The highest BCUT2D eigenvalue weighted by molar-refractivity contribution is 7.89. The van der Waals surface area contributed by atoms with E-state index in [0.29, 0.717) is 30.7 Å². The van der Waals surface area contributed by atoms with Crippen molar-refractivity contribution in [3.63, 3.8) is 0 Å². The highest BCUT2D eigenvalue weighted by atomic mass is 32.2. The first-order chi connectivity index (χ1) is 17.3. The monoisotopic (exact) mass is 541 g/mol. The molecule has 0 amide bonds. The molecule has 3 aromatic rings. The average Bonchev–Trinajstić information content (AvgIpc) is 3.21. The van der Waals surface area contributed by atoms with Crippen molar-refractivity contribution in [2.45, 2.75) is 37.9 Å². The first kappa shape index (κ1) is 26.9. The van der Waals surface area contributed by atoms with Gasteiger partial charge in [-0.25, -0.2) is 27.8 Å². The first-order valence-electron chi connectivity index (χ1n) is 11.5. The van der Waals surface area contributed by atoms with Gasteiger partial charge in [0.25, 0.3) is 0 Å². The summed E-state index contributed by atoms with van der Waals surface area (Å²) in [5.74, 6) is -0.434. The number of likely N-dealkylation sites (N-methyl/N-ethyl adjacent to an activating group) is 1. The maximum Gasteiger partial charge on any atom is 0.418 e. The Kier molecular flexibility index (Phi) is 7.27. The predicted molar refractivity (Wildman–Crippen MR) is 129 cm³/mol. The Morgan fingerprint density at radius 1 is 1.05 bits per heavy atom. The quantitative estimate of drug-likeness (QED) is 0.470. The minimum Gasteiger partial charge on any atom is -0.324 e. The molecule has 0 unspecified atom stereocenters. The lowest BCUT2D eigenvalue weighted by Crippen LogP contribution is -2.47. The number of piperazine rings is 1. The number of anilines is 2. The Hall–Kier alpha value is -3.10. The molecule has 37 heavy (non-hydrogen) atoms. The molecule has 1 aliphatic rings. The fraction of sp³-hybridized carbons (Fsp3) is 0.435. The molecular weight excluding hydrogens is 514 g/mol. The van der Waals surface area contributed by atoms with E-state index in [0.717, 1.165) is 18.3 Å². The summed E-state index contributed by atoms with van der Waals surface area (Å²) in [4.78, 5) is 13.6. The maximum atomic E-state index is 14.7. The zero-order chi connectivity index (χ0) is 27.1. The van der Waals surface area contributed by atoms with Gasteiger partial charge in [-0.15, -0.1) is 0 Å². The van der Waals surface area contributed by atoms with Crippen molar-refractivity contribution < 1.29 is 26.0 Å². The Morgan fingerprint density at radius 3 is 2.35 bits per heavy atom. The van der Waals surface area contributed by atoms with E-state index in [-0.39, 0.29) is 30.8 Å². The summed E-state index contributed by atoms with van der Waals surface area (Å²) in [6.07, 6.45) is -2.59. The van der Waals surface area contributed by atoms with Crippen LogP contribution in [-0.4, -0.2) is 70.4 Å². The highest BCUT2D eigenvalue weighted by Gasteiger charge is 2.36. The number of nitrogens with one attached hydrogen (secondary N) is 1. The summed E-state index contributed by atoms with van der Waals surface area (Å²) < 4.78 is 85.6. The average molecular weight is 542 g/mol. The van der Waals surface area contributed by atoms with Gasteiger partial charge in [0.15, 0.2) is 5.82 Å². The fourth-order valence-electron chi connectivity index (χ4n) is 4.21. The van der Waals surface area contributed by atoms with Crippen LogP contribution in [-0.2, 0) is 16.2 Å². The van der Waals surface area contributed by atoms with Crippen LogP contribution in [0.5, 0.6) is 0 Å². The smallest absolute Gasteiger partial charge is 0.324 e. The molecule has 1 aromatic carbocycles. The van der Waals surface area contributed by atoms with Gasteiger partial charge in [-0.05, 0) is 46.0 Å². The molecule has 0 radical (unpaired) electrons. The van der Waals surface area contributed by atoms with E-state index in [2.05, 4.69) is 20.3 Å². The van der Waals surface area contributed by atoms with E-state index < -0.39 is 38.2 Å². The second kappa shape index (κ2) is 9.99. The molecule has 0 aliphatic carbocycles. The van der Waals surface area contributed by atoms with Gasteiger partial charge in [0.2, 0.25) is 16.0 Å². The van der Waals surface area contributed by atoms with Crippen molar-refractivity contribution in [1.29, 1.82) is 0 Å². The fourth-order valence-corrected chi connectivity index (χ4v) is 5.66. The first-order valence-corrected chi connectivity index (χ1v) is 13.0. The van der Waals surface area contributed by atoms with E-state index >= 15 is 0 Å². The zero-order valence-corrected chi connectivity index (χ0v) is 21.5. The summed E-state index contributed by atoms with van der Waals surface area (Å²) in [5.41, 5.74) is -1.45. The summed E-state index contributed by atoms with van der Waals surface area (Å²) in [5, 5.41) is 2.48. The second-order valence-corrected chi connectivity index (χ2v) is 11.0. The predicted octanol–water partition coefficient (Wildman–Crippen LogP) is 4.07. The molecule has 9 nitrogen and oxygen atoms in total. The van der Waals surface area contributed by atoms with Crippen LogP contribution in [0, 0.1) is 12.7 Å². The molecular formula is C23H27F4N7O2S. The van der Waals surface area contributed by atoms with Crippen molar-refractivity contribution in [1.82, 2.24) is 28.7 Å². The zero-order valence-electron chi connectivity index (χ0n) is 20.7. The van der Waals surface area contributed by atoms with E-state index in [1.807, 2.05) is 25.8 Å².